The van der Waals surface area contributed by atoms with Gasteiger partial charge in [-0.2, -0.15) is 0 Å². The fourth-order valence-corrected chi connectivity index (χ4v) is 3.01. The molecule has 6 heteroatoms. The Hall–Kier alpha value is -1.01. The Morgan fingerprint density at radius 2 is 2.25 bits per heavy atom. The molecule has 0 fully saturated rings. The van der Waals surface area contributed by atoms with Gasteiger partial charge in [0.15, 0.2) is 0 Å². The third-order valence-corrected chi connectivity index (χ3v) is 4.10. The summed E-state index contributed by atoms with van der Waals surface area (Å²) in [5.74, 6) is 0. The van der Waals surface area contributed by atoms with E-state index in [4.69, 9.17) is 16.3 Å². The van der Waals surface area contributed by atoms with Gasteiger partial charge in [-0.3, -0.25) is 4.98 Å². The number of ether oxygens (including phenoxy) is 1. The maximum Gasteiger partial charge on any atom is 0.144 e. The molecule has 108 valence electrons. The number of halogens is 1. The van der Waals surface area contributed by atoms with Gasteiger partial charge in [-0.25, -0.2) is 4.98 Å². The third-order valence-electron chi connectivity index (χ3n) is 2.69. The SMILES string of the molecule is COCc1nc(-c2ncccc2Cl)sc1CNC(C)C. The van der Waals surface area contributed by atoms with Crippen molar-refractivity contribution >= 4 is 22.9 Å². The van der Waals surface area contributed by atoms with Gasteiger partial charge in [-0.05, 0) is 12.1 Å². The van der Waals surface area contributed by atoms with Crippen LogP contribution in [0.2, 0.25) is 5.02 Å². The molecule has 2 aromatic heterocycles. The molecule has 0 saturated carbocycles. The second-order valence-corrected chi connectivity index (χ2v) is 6.18. The fourth-order valence-electron chi connectivity index (χ4n) is 1.71. The van der Waals surface area contributed by atoms with Gasteiger partial charge in [0.25, 0.3) is 0 Å². The van der Waals surface area contributed by atoms with Crippen LogP contribution in [0.25, 0.3) is 10.7 Å². The first-order valence-corrected chi connectivity index (χ1v) is 7.63. The number of rotatable bonds is 6. The summed E-state index contributed by atoms with van der Waals surface area (Å²) in [7, 11) is 1.67. The number of aromatic nitrogens is 2. The summed E-state index contributed by atoms with van der Waals surface area (Å²) >= 11 is 7.79. The van der Waals surface area contributed by atoms with Crippen LogP contribution in [0.1, 0.15) is 24.4 Å². The highest BCUT2D eigenvalue weighted by molar-refractivity contribution is 7.15. The number of pyridine rings is 1. The van der Waals surface area contributed by atoms with E-state index in [-0.39, 0.29) is 0 Å². The van der Waals surface area contributed by atoms with Crippen LogP contribution >= 0.6 is 22.9 Å². The van der Waals surface area contributed by atoms with Gasteiger partial charge in [-0.1, -0.05) is 25.4 Å². The Morgan fingerprint density at radius 1 is 1.45 bits per heavy atom. The number of hydrogen-bond acceptors (Lipinski definition) is 5. The molecule has 0 aliphatic heterocycles. The van der Waals surface area contributed by atoms with Crippen molar-refractivity contribution < 1.29 is 4.74 Å². The molecule has 0 unspecified atom stereocenters. The first kappa shape index (κ1) is 15.4. The molecule has 2 heterocycles. The highest BCUT2D eigenvalue weighted by Crippen LogP contribution is 2.31. The van der Waals surface area contributed by atoms with Gasteiger partial charge in [-0.15, -0.1) is 11.3 Å². The Morgan fingerprint density at radius 3 is 2.90 bits per heavy atom. The molecule has 0 aliphatic rings. The minimum atomic E-state index is 0.425. The molecule has 0 saturated heterocycles. The van der Waals surface area contributed by atoms with Gasteiger partial charge in [0.05, 0.1) is 17.3 Å². The quantitative estimate of drug-likeness (QED) is 0.887. The monoisotopic (exact) mass is 311 g/mol. The van der Waals surface area contributed by atoms with Crippen molar-refractivity contribution in [1.29, 1.82) is 0 Å². The largest absolute Gasteiger partial charge is 0.378 e. The van der Waals surface area contributed by atoms with Crippen LogP contribution in [-0.2, 0) is 17.9 Å². The Bertz CT molecular complexity index is 571. The zero-order valence-electron chi connectivity index (χ0n) is 11.8. The lowest BCUT2D eigenvalue weighted by atomic mass is 10.3. The van der Waals surface area contributed by atoms with Crippen LogP contribution in [0.3, 0.4) is 0 Å². The summed E-state index contributed by atoms with van der Waals surface area (Å²) in [5.41, 5.74) is 1.68. The molecule has 0 radical (unpaired) electrons. The lowest BCUT2D eigenvalue weighted by Gasteiger charge is -2.07. The van der Waals surface area contributed by atoms with Crippen LogP contribution in [0.15, 0.2) is 18.3 Å². The second kappa shape index (κ2) is 7.13. The number of nitrogens with zero attached hydrogens (tertiary/aromatic N) is 2. The molecule has 0 aliphatic carbocycles. The molecule has 0 atom stereocenters. The molecule has 2 aromatic rings. The third kappa shape index (κ3) is 3.76. The van der Waals surface area contributed by atoms with E-state index in [1.54, 1.807) is 24.6 Å². The lowest BCUT2D eigenvalue weighted by molar-refractivity contribution is 0.181. The van der Waals surface area contributed by atoms with Crippen molar-refractivity contribution in [3.8, 4) is 10.7 Å². The molecule has 1 N–H and O–H groups in total. The average Bonchev–Trinajstić information content (AvgIpc) is 2.80. The lowest BCUT2D eigenvalue weighted by Crippen LogP contribution is -2.21. The molecule has 0 spiro atoms. The molecule has 0 amide bonds. The molecule has 20 heavy (non-hydrogen) atoms. The highest BCUT2D eigenvalue weighted by Gasteiger charge is 2.15. The van der Waals surface area contributed by atoms with Crippen molar-refractivity contribution in [2.24, 2.45) is 0 Å². The summed E-state index contributed by atoms with van der Waals surface area (Å²) in [6.45, 7) is 5.51. The minimum absolute atomic E-state index is 0.425. The van der Waals surface area contributed by atoms with E-state index in [9.17, 15) is 0 Å². The molecule has 4 nitrogen and oxygen atoms in total. The van der Waals surface area contributed by atoms with Crippen LogP contribution < -0.4 is 5.32 Å². The maximum absolute atomic E-state index is 6.18. The van der Waals surface area contributed by atoms with E-state index in [0.717, 1.165) is 27.8 Å². The summed E-state index contributed by atoms with van der Waals surface area (Å²) in [6.07, 6.45) is 1.73. The van der Waals surface area contributed by atoms with Gasteiger partial charge in [0.1, 0.15) is 10.7 Å². The Kier molecular flexibility index (Phi) is 5.48. The van der Waals surface area contributed by atoms with Crippen molar-refractivity contribution in [1.82, 2.24) is 15.3 Å². The Balaban J connectivity index is 2.31. The van der Waals surface area contributed by atoms with Crippen molar-refractivity contribution in [2.75, 3.05) is 7.11 Å². The van der Waals surface area contributed by atoms with E-state index >= 15 is 0 Å². The standard InChI is InChI=1S/C14H18ClN3OS/c1-9(2)17-7-12-11(8-19-3)18-14(20-12)13-10(15)5-4-6-16-13/h4-6,9,17H,7-8H2,1-3H3. The van der Waals surface area contributed by atoms with E-state index in [1.807, 2.05) is 12.1 Å². The maximum atomic E-state index is 6.18. The average molecular weight is 312 g/mol. The molecule has 0 aromatic carbocycles. The van der Waals surface area contributed by atoms with Gasteiger partial charge < -0.3 is 10.1 Å². The first-order valence-electron chi connectivity index (χ1n) is 6.43. The topological polar surface area (TPSA) is 47.0 Å². The Labute approximate surface area is 128 Å². The summed E-state index contributed by atoms with van der Waals surface area (Å²) < 4.78 is 5.22. The van der Waals surface area contributed by atoms with E-state index in [0.29, 0.717) is 17.7 Å². The smallest absolute Gasteiger partial charge is 0.144 e. The fraction of sp³-hybridized carbons (Fsp3) is 0.429. The van der Waals surface area contributed by atoms with E-state index in [1.165, 1.54) is 0 Å². The number of methoxy groups -OCH3 is 1. The van der Waals surface area contributed by atoms with Gasteiger partial charge in [0, 0.05) is 30.8 Å². The first-order chi connectivity index (χ1) is 9.61. The number of nitrogens with one attached hydrogen (secondary N) is 1. The van der Waals surface area contributed by atoms with Crippen molar-refractivity contribution in [3.05, 3.63) is 33.9 Å². The van der Waals surface area contributed by atoms with Crippen molar-refractivity contribution in [3.63, 3.8) is 0 Å². The summed E-state index contributed by atoms with van der Waals surface area (Å²) in [5, 5.41) is 4.86. The van der Waals surface area contributed by atoms with Crippen LogP contribution in [0, 0.1) is 0 Å². The van der Waals surface area contributed by atoms with Gasteiger partial charge in [0.2, 0.25) is 0 Å². The van der Waals surface area contributed by atoms with E-state index in [2.05, 4.69) is 29.1 Å². The second-order valence-electron chi connectivity index (χ2n) is 4.69. The van der Waals surface area contributed by atoms with E-state index < -0.39 is 0 Å². The van der Waals surface area contributed by atoms with Crippen LogP contribution in [0.5, 0.6) is 0 Å². The van der Waals surface area contributed by atoms with Crippen molar-refractivity contribution in [2.45, 2.75) is 33.0 Å². The summed E-state index contributed by atoms with van der Waals surface area (Å²) in [4.78, 5) is 10.1. The predicted molar refractivity (Wildman–Crippen MR) is 83.0 cm³/mol. The summed E-state index contributed by atoms with van der Waals surface area (Å²) in [6, 6.07) is 4.07. The highest BCUT2D eigenvalue weighted by atomic mass is 35.5. The van der Waals surface area contributed by atoms with Crippen LogP contribution in [-0.4, -0.2) is 23.1 Å². The predicted octanol–water partition coefficient (Wildman–Crippen LogP) is 3.50. The minimum Gasteiger partial charge on any atom is -0.378 e. The number of thiazole rings is 1. The zero-order valence-corrected chi connectivity index (χ0v) is 13.4. The zero-order chi connectivity index (χ0) is 14.5. The van der Waals surface area contributed by atoms with Crippen LogP contribution in [0.4, 0.5) is 0 Å². The molecule has 0 bridgehead atoms. The molecular formula is C14H18ClN3OS. The molecule has 2 rings (SSSR count). The van der Waals surface area contributed by atoms with Gasteiger partial charge >= 0.3 is 0 Å². The number of hydrogen-bond donors (Lipinski definition) is 1. The molecular weight excluding hydrogens is 294 g/mol. The normalized spacial score (nSPS) is 11.2.